The molecule has 4 amide bonds. The average Bonchev–Trinajstić information content (AvgIpc) is 3.00. The van der Waals surface area contributed by atoms with Crippen LogP contribution in [-0.4, -0.2) is 59.9 Å². The molecule has 0 unspecified atom stereocenters. The van der Waals surface area contributed by atoms with Gasteiger partial charge in [-0.05, 0) is 24.8 Å². The lowest BCUT2D eigenvalue weighted by Crippen LogP contribution is -2.47. The minimum absolute atomic E-state index is 0. The Morgan fingerprint density at radius 2 is 1.91 bits per heavy atom. The second kappa shape index (κ2) is 7.05. The van der Waals surface area contributed by atoms with E-state index in [9.17, 15) is 14.4 Å². The third-order valence-corrected chi connectivity index (χ3v) is 4.64. The molecule has 0 bridgehead atoms. The Morgan fingerprint density at radius 1 is 1.35 bits per heavy atom. The van der Waals surface area contributed by atoms with E-state index in [2.05, 4.69) is 5.32 Å². The van der Waals surface area contributed by atoms with E-state index in [1.54, 1.807) is 7.05 Å². The van der Waals surface area contributed by atoms with E-state index in [0.717, 1.165) is 17.7 Å². The van der Waals surface area contributed by atoms with Crippen molar-refractivity contribution in [1.29, 1.82) is 0 Å². The van der Waals surface area contributed by atoms with Gasteiger partial charge in [0.15, 0.2) is 0 Å². The fraction of sp³-hybridized carbons (Fsp3) is 0.800. The van der Waals surface area contributed by atoms with Crippen LogP contribution in [0.5, 0.6) is 0 Å². The van der Waals surface area contributed by atoms with Crippen LogP contribution in [0, 0.1) is 5.41 Å². The molecular formula is C15H27ClN4O3. The summed E-state index contributed by atoms with van der Waals surface area (Å²) in [5.41, 5.74) is 4.72. The van der Waals surface area contributed by atoms with Crippen molar-refractivity contribution < 1.29 is 14.4 Å². The molecule has 1 saturated carbocycles. The molecule has 0 aromatic rings. The largest absolute Gasteiger partial charge is 0.344 e. The number of likely N-dealkylation sites (N-methyl/N-ethyl adjacent to an activating group) is 1. The molecule has 0 aromatic heterocycles. The number of hydrogen-bond donors (Lipinski definition) is 2. The first kappa shape index (κ1) is 19.7. The Balaban J connectivity index is 0.00000264. The van der Waals surface area contributed by atoms with Gasteiger partial charge in [-0.2, -0.15) is 0 Å². The Morgan fingerprint density at radius 3 is 2.43 bits per heavy atom. The lowest BCUT2D eigenvalue weighted by Gasteiger charge is -2.30. The van der Waals surface area contributed by atoms with E-state index in [-0.39, 0.29) is 36.2 Å². The average molecular weight is 347 g/mol. The lowest BCUT2D eigenvalue weighted by molar-refractivity contribution is -0.138. The molecule has 2 aliphatic rings. The molecule has 1 spiro atoms. The maximum absolute atomic E-state index is 12.5. The number of hydrogen-bond acceptors (Lipinski definition) is 4. The van der Waals surface area contributed by atoms with Crippen LogP contribution in [0.15, 0.2) is 0 Å². The van der Waals surface area contributed by atoms with Gasteiger partial charge in [-0.25, -0.2) is 4.79 Å². The van der Waals surface area contributed by atoms with Gasteiger partial charge < -0.3 is 16.0 Å². The summed E-state index contributed by atoms with van der Waals surface area (Å²) in [6.45, 7) is 4.67. The van der Waals surface area contributed by atoms with Gasteiger partial charge in [-0.3, -0.25) is 14.5 Å². The molecule has 1 saturated heterocycles. The summed E-state index contributed by atoms with van der Waals surface area (Å²) in [5.74, 6) is -0.505. The molecule has 1 aliphatic carbocycles. The predicted molar refractivity (Wildman–Crippen MR) is 89.2 cm³/mol. The van der Waals surface area contributed by atoms with E-state index in [4.69, 9.17) is 5.73 Å². The minimum atomic E-state index is -0.757. The second-order valence-electron chi connectivity index (χ2n) is 7.23. The minimum Gasteiger partial charge on any atom is -0.344 e. The summed E-state index contributed by atoms with van der Waals surface area (Å²) >= 11 is 0. The van der Waals surface area contributed by atoms with Crippen molar-refractivity contribution >= 4 is 30.3 Å². The van der Waals surface area contributed by atoms with Gasteiger partial charge in [0.05, 0.1) is 0 Å². The first-order valence-electron chi connectivity index (χ1n) is 7.79. The quantitative estimate of drug-likeness (QED) is 0.717. The molecule has 7 nitrogen and oxygen atoms in total. The zero-order valence-electron chi connectivity index (χ0n) is 14.1. The zero-order chi connectivity index (χ0) is 16.5. The van der Waals surface area contributed by atoms with Crippen molar-refractivity contribution in [3.05, 3.63) is 0 Å². The SMILES string of the molecule is CN(CC(C)(C)CN)C(=O)CN1C(=O)NC2(CCCC2)C1=O.Cl. The van der Waals surface area contributed by atoms with Gasteiger partial charge >= 0.3 is 6.03 Å². The van der Waals surface area contributed by atoms with Crippen LogP contribution < -0.4 is 11.1 Å². The van der Waals surface area contributed by atoms with Crippen LogP contribution in [0.25, 0.3) is 0 Å². The molecule has 2 rings (SSSR count). The van der Waals surface area contributed by atoms with Crippen LogP contribution >= 0.6 is 12.4 Å². The van der Waals surface area contributed by atoms with E-state index in [0.29, 0.717) is 25.9 Å². The van der Waals surface area contributed by atoms with E-state index >= 15 is 0 Å². The zero-order valence-corrected chi connectivity index (χ0v) is 14.9. The Labute approximate surface area is 143 Å². The van der Waals surface area contributed by atoms with Crippen molar-refractivity contribution in [1.82, 2.24) is 15.1 Å². The highest BCUT2D eigenvalue weighted by atomic mass is 35.5. The van der Waals surface area contributed by atoms with Gasteiger partial charge in [0.1, 0.15) is 12.1 Å². The summed E-state index contributed by atoms with van der Waals surface area (Å²) in [7, 11) is 1.67. The summed E-state index contributed by atoms with van der Waals surface area (Å²) in [4.78, 5) is 39.4. The monoisotopic (exact) mass is 346 g/mol. The fourth-order valence-electron chi connectivity index (χ4n) is 3.19. The Bertz CT molecular complexity index is 489. The smallest absolute Gasteiger partial charge is 0.325 e. The summed E-state index contributed by atoms with van der Waals surface area (Å²) in [6.07, 6.45) is 3.19. The van der Waals surface area contributed by atoms with Gasteiger partial charge in [0.25, 0.3) is 5.91 Å². The number of amides is 4. The Hall–Kier alpha value is -1.34. The van der Waals surface area contributed by atoms with E-state index in [1.807, 2.05) is 13.8 Å². The summed E-state index contributed by atoms with van der Waals surface area (Å²) < 4.78 is 0. The van der Waals surface area contributed by atoms with E-state index < -0.39 is 11.6 Å². The van der Waals surface area contributed by atoms with Gasteiger partial charge in [-0.1, -0.05) is 26.7 Å². The molecular weight excluding hydrogens is 320 g/mol. The number of imide groups is 1. The van der Waals surface area contributed by atoms with Crippen molar-refractivity contribution in [2.75, 3.05) is 26.7 Å². The highest BCUT2D eigenvalue weighted by molar-refractivity contribution is 6.09. The molecule has 2 fully saturated rings. The predicted octanol–water partition coefficient (Wildman–Crippen LogP) is 0.716. The maximum Gasteiger partial charge on any atom is 0.325 e. The number of nitrogens with zero attached hydrogens (tertiary/aromatic N) is 2. The van der Waals surface area contributed by atoms with Crippen molar-refractivity contribution in [3.8, 4) is 0 Å². The van der Waals surface area contributed by atoms with Crippen molar-refractivity contribution in [2.24, 2.45) is 11.1 Å². The molecule has 0 atom stereocenters. The molecule has 132 valence electrons. The highest BCUT2D eigenvalue weighted by Gasteiger charge is 2.52. The molecule has 0 aromatic carbocycles. The number of halogens is 1. The molecule has 1 heterocycles. The van der Waals surface area contributed by atoms with Gasteiger partial charge in [0, 0.05) is 13.6 Å². The van der Waals surface area contributed by atoms with Gasteiger partial charge in [0.2, 0.25) is 5.91 Å². The number of nitrogens with two attached hydrogens (primary N) is 1. The number of carbonyl (C=O) groups is 3. The third-order valence-electron chi connectivity index (χ3n) is 4.64. The lowest BCUT2D eigenvalue weighted by atomic mass is 9.93. The summed E-state index contributed by atoms with van der Waals surface area (Å²) in [6, 6.07) is -0.452. The molecule has 23 heavy (non-hydrogen) atoms. The maximum atomic E-state index is 12.5. The normalized spacial score (nSPS) is 19.7. The van der Waals surface area contributed by atoms with Crippen LogP contribution in [-0.2, 0) is 9.59 Å². The topological polar surface area (TPSA) is 95.7 Å². The van der Waals surface area contributed by atoms with Crippen molar-refractivity contribution in [2.45, 2.75) is 45.1 Å². The molecule has 0 radical (unpaired) electrons. The fourth-order valence-corrected chi connectivity index (χ4v) is 3.19. The number of nitrogens with one attached hydrogen (secondary N) is 1. The number of urea groups is 1. The van der Waals surface area contributed by atoms with Crippen LogP contribution in [0.4, 0.5) is 4.79 Å². The van der Waals surface area contributed by atoms with E-state index in [1.165, 1.54) is 4.90 Å². The number of rotatable bonds is 5. The van der Waals surface area contributed by atoms with Crippen molar-refractivity contribution in [3.63, 3.8) is 0 Å². The summed E-state index contributed by atoms with van der Waals surface area (Å²) in [5, 5.41) is 2.78. The number of carbonyl (C=O) groups excluding carboxylic acids is 3. The second-order valence-corrected chi connectivity index (χ2v) is 7.23. The molecule has 1 aliphatic heterocycles. The standard InChI is InChI=1S/C15H26N4O3.ClH/c1-14(2,9-16)10-18(3)11(20)8-19-12(21)15(17-13(19)22)6-4-5-7-15;/h4-10,16H2,1-3H3,(H,17,22);1H. The van der Waals surface area contributed by atoms with Crippen LogP contribution in [0.3, 0.4) is 0 Å². The third kappa shape index (κ3) is 3.95. The first-order chi connectivity index (χ1) is 10.2. The van der Waals surface area contributed by atoms with Crippen LogP contribution in [0.2, 0.25) is 0 Å². The first-order valence-corrected chi connectivity index (χ1v) is 7.79. The molecule has 8 heteroatoms. The highest BCUT2D eigenvalue weighted by Crippen LogP contribution is 2.34. The van der Waals surface area contributed by atoms with Gasteiger partial charge in [-0.15, -0.1) is 12.4 Å². The Kier molecular flexibility index (Phi) is 6.04. The molecule has 3 N–H and O–H groups in total. The van der Waals surface area contributed by atoms with Crippen LogP contribution in [0.1, 0.15) is 39.5 Å².